The summed E-state index contributed by atoms with van der Waals surface area (Å²) in [6.45, 7) is 1.17. The lowest BCUT2D eigenvalue weighted by Gasteiger charge is -2.17. The number of hydrogen-bond donors (Lipinski definition) is 2. The van der Waals surface area contributed by atoms with E-state index < -0.39 is 10.0 Å². The molecule has 1 aromatic carbocycles. The molecular formula is C22H27N5O2S. The average Bonchev–Trinajstić information content (AvgIpc) is 3.18. The van der Waals surface area contributed by atoms with Crippen molar-refractivity contribution in [2.24, 2.45) is 0 Å². The number of aryl methyl sites for hydroxylation is 3. The Labute approximate surface area is 177 Å². The molecule has 0 saturated heterocycles. The van der Waals surface area contributed by atoms with Gasteiger partial charge in [0.2, 0.25) is 10.0 Å². The molecule has 2 aromatic heterocycles. The van der Waals surface area contributed by atoms with Crippen molar-refractivity contribution >= 4 is 33.0 Å². The van der Waals surface area contributed by atoms with E-state index in [9.17, 15) is 8.42 Å². The normalized spacial score (nSPS) is 14.4. The van der Waals surface area contributed by atoms with Gasteiger partial charge in [-0.3, -0.25) is 0 Å². The first kappa shape index (κ1) is 20.6. The Morgan fingerprint density at radius 3 is 2.77 bits per heavy atom. The number of aromatic nitrogens is 3. The molecule has 3 N–H and O–H groups in total. The Bertz CT molecular complexity index is 1150. The molecule has 0 spiro atoms. The molecule has 8 heteroatoms. The van der Waals surface area contributed by atoms with Crippen molar-refractivity contribution in [3.8, 4) is 0 Å². The Balaban J connectivity index is 1.33. The Hall–Kier alpha value is -2.71. The topological polar surface area (TPSA) is 103 Å². The molecule has 3 aromatic rings. The second-order valence-corrected chi connectivity index (χ2v) is 9.28. The molecule has 0 aliphatic heterocycles. The highest BCUT2D eigenvalue weighted by Gasteiger charge is 2.19. The summed E-state index contributed by atoms with van der Waals surface area (Å²) < 4.78 is 29.0. The van der Waals surface area contributed by atoms with E-state index in [1.54, 1.807) is 6.08 Å². The zero-order chi connectivity index (χ0) is 21.0. The van der Waals surface area contributed by atoms with Gasteiger partial charge in [0.15, 0.2) is 5.82 Å². The quantitative estimate of drug-likeness (QED) is 0.539. The number of nitrogens with two attached hydrogens (primary N) is 1. The van der Waals surface area contributed by atoms with Gasteiger partial charge in [-0.25, -0.2) is 23.1 Å². The van der Waals surface area contributed by atoms with Gasteiger partial charge in [-0.1, -0.05) is 30.3 Å². The monoisotopic (exact) mass is 425 g/mol. The van der Waals surface area contributed by atoms with Crippen LogP contribution in [0.1, 0.15) is 42.5 Å². The van der Waals surface area contributed by atoms with Crippen LogP contribution in [0.3, 0.4) is 0 Å². The molecule has 0 atom stereocenters. The summed E-state index contributed by atoms with van der Waals surface area (Å²) in [5.41, 5.74) is 11.2. The van der Waals surface area contributed by atoms with Gasteiger partial charge in [-0.2, -0.15) is 0 Å². The van der Waals surface area contributed by atoms with Crippen LogP contribution in [0.5, 0.6) is 0 Å². The summed E-state index contributed by atoms with van der Waals surface area (Å²) in [7, 11) is -3.44. The first-order chi connectivity index (χ1) is 14.5. The minimum atomic E-state index is -3.44. The van der Waals surface area contributed by atoms with E-state index >= 15 is 0 Å². The fraction of sp³-hybridized carbons (Fsp3) is 0.364. The van der Waals surface area contributed by atoms with Crippen molar-refractivity contribution in [3.63, 3.8) is 0 Å². The lowest BCUT2D eigenvalue weighted by molar-refractivity contribution is 0.575. The number of sulfonamides is 1. The molecular weight excluding hydrogens is 398 g/mol. The summed E-state index contributed by atoms with van der Waals surface area (Å²) in [4.78, 5) is 9.02. The number of imidazole rings is 1. The van der Waals surface area contributed by atoms with E-state index in [1.165, 1.54) is 11.0 Å². The van der Waals surface area contributed by atoms with E-state index in [2.05, 4.69) is 19.3 Å². The van der Waals surface area contributed by atoms with Crippen LogP contribution < -0.4 is 10.5 Å². The van der Waals surface area contributed by atoms with E-state index in [0.717, 1.165) is 67.4 Å². The van der Waals surface area contributed by atoms with Gasteiger partial charge in [0.05, 0.1) is 11.8 Å². The van der Waals surface area contributed by atoms with Crippen molar-refractivity contribution in [1.82, 2.24) is 19.3 Å². The van der Waals surface area contributed by atoms with E-state index in [1.807, 2.05) is 36.7 Å². The predicted octanol–water partition coefficient (Wildman–Crippen LogP) is 3.26. The molecule has 2 heterocycles. The summed E-state index contributed by atoms with van der Waals surface area (Å²) in [6, 6.07) is 9.37. The maximum absolute atomic E-state index is 12.1. The Morgan fingerprint density at radius 1 is 1.13 bits per heavy atom. The van der Waals surface area contributed by atoms with Gasteiger partial charge in [-0.15, -0.1) is 0 Å². The van der Waals surface area contributed by atoms with Gasteiger partial charge >= 0.3 is 0 Å². The van der Waals surface area contributed by atoms with E-state index in [-0.39, 0.29) is 0 Å². The second kappa shape index (κ2) is 8.97. The van der Waals surface area contributed by atoms with Gasteiger partial charge in [0, 0.05) is 24.2 Å². The fourth-order valence-electron chi connectivity index (χ4n) is 3.92. The van der Waals surface area contributed by atoms with Crippen LogP contribution in [-0.4, -0.2) is 29.5 Å². The maximum Gasteiger partial charge on any atom is 0.233 e. The number of pyridine rings is 1. The molecule has 0 radical (unpaired) electrons. The summed E-state index contributed by atoms with van der Waals surface area (Å²) in [5.74, 6) is 0.502. The fourth-order valence-corrected chi connectivity index (χ4v) is 4.79. The first-order valence-corrected chi connectivity index (χ1v) is 11.9. The molecule has 30 heavy (non-hydrogen) atoms. The van der Waals surface area contributed by atoms with Crippen molar-refractivity contribution < 1.29 is 8.42 Å². The molecule has 0 saturated carbocycles. The van der Waals surface area contributed by atoms with E-state index in [4.69, 9.17) is 5.73 Å². The van der Waals surface area contributed by atoms with Crippen molar-refractivity contribution in [2.75, 3.05) is 12.3 Å². The van der Waals surface area contributed by atoms with Crippen LogP contribution in [0.15, 0.2) is 42.1 Å². The van der Waals surface area contributed by atoms with Crippen LogP contribution in [0.4, 0.5) is 5.82 Å². The molecule has 1 aliphatic carbocycles. The van der Waals surface area contributed by atoms with Crippen LogP contribution in [0, 0.1) is 0 Å². The van der Waals surface area contributed by atoms with E-state index in [0.29, 0.717) is 12.4 Å². The van der Waals surface area contributed by atoms with Gasteiger partial charge in [-0.05, 0) is 55.7 Å². The summed E-state index contributed by atoms with van der Waals surface area (Å²) >= 11 is 0. The van der Waals surface area contributed by atoms with Gasteiger partial charge in [0.1, 0.15) is 5.52 Å². The van der Waals surface area contributed by atoms with Gasteiger partial charge in [0.25, 0.3) is 0 Å². The van der Waals surface area contributed by atoms with Crippen molar-refractivity contribution in [3.05, 3.63) is 58.9 Å². The molecule has 0 bridgehead atoms. The molecule has 0 unspecified atom stereocenters. The number of hydrogen-bond acceptors (Lipinski definition) is 5. The molecule has 0 fully saturated rings. The van der Waals surface area contributed by atoms with Crippen molar-refractivity contribution in [1.29, 1.82) is 0 Å². The van der Waals surface area contributed by atoms with Crippen LogP contribution in [-0.2, 0) is 29.4 Å². The molecule has 4 rings (SSSR count). The second-order valence-electron chi connectivity index (χ2n) is 7.62. The molecule has 7 nitrogen and oxygen atoms in total. The number of nitrogen functional groups attached to an aromatic ring is 1. The summed E-state index contributed by atoms with van der Waals surface area (Å²) in [6.07, 6.45) is 9.30. The zero-order valence-corrected chi connectivity index (χ0v) is 17.7. The van der Waals surface area contributed by atoms with Crippen LogP contribution >= 0.6 is 0 Å². The molecule has 1 aliphatic rings. The number of nitrogens with zero attached hydrogens (tertiary/aromatic N) is 3. The average molecular weight is 426 g/mol. The standard InChI is InChI=1S/C22H27N5O2S/c23-22-20-21(18-10-4-5-11-19(18)26-22)27(16-24-20)14-7-6-13-25-30(28,29)15-12-17-8-2-1-3-9-17/h1-3,8-9,12,15-16,25H,4-7,10-11,13-14H2,(H2,23,26). The number of rotatable bonds is 8. The third-order valence-electron chi connectivity index (χ3n) is 5.43. The molecule has 0 amide bonds. The smallest absolute Gasteiger partial charge is 0.233 e. The zero-order valence-electron chi connectivity index (χ0n) is 16.9. The minimum Gasteiger partial charge on any atom is -0.382 e. The first-order valence-electron chi connectivity index (χ1n) is 10.4. The van der Waals surface area contributed by atoms with Gasteiger partial charge < -0.3 is 10.3 Å². The van der Waals surface area contributed by atoms with Crippen LogP contribution in [0.25, 0.3) is 17.1 Å². The number of unbranched alkanes of at least 4 members (excludes halogenated alkanes) is 1. The minimum absolute atomic E-state index is 0.399. The maximum atomic E-state index is 12.1. The SMILES string of the molecule is Nc1nc2c(c3c1ncn3CCCCNS(=O)(=O)C=Cc1ccccc1)CCCC2. The highest BCUT2D eigenvalue weighted by atomic mass is 32.2. The number of benzene rings is 1. The highest BCUT2D eigenvalue weighted by Crippen LogP contribution is 2.30. The van der Waals surface area contributed by atoms with Crippen LogP contribution in [0.2, 0.25) is 0 Å². The predicted molar refractivity (Wildman–Crippen MR) is 120 cm³/mol. The highest BCUT2D eigenvalue weighted by molar-refractivity contribution is 7.92. The number of anilines is 1. The van der Waals surface area contributed by atoms with Crippen molar-refractivity contribution in [2.45, 2.75) is 45.1 Å². The largest absolute Gasteiger partial charge is 0.382 e. The Morgan fingerprint density at radius 2 is 1.93 bits per heavy atom. The third-order valence-corrected chi connectivity index (χ3v) is 6.53. The number of fused-ring (bicyclic) bond motifs is 3. The Kier molecular flexibility index (Phi) is 6.15. The summed E-state index contributed by atoms with van der Waals surface area (Å²) in [5, 5.41) is 1.22. The lowest BCUT2D eigenvalue weighted by Crippen LogP contribution is -2.22. The number of nitrogens with one attached hydrogen (secondary N) is 1. The molecule has 158 valence electrons. The third kappa shape index (κ3) is 4.71. The lowest BCUT2D eigenvalue weighted by atomic mass is 9.95.